The van der Waals surface area contributed by atoms with Crippen molar-refractivity contribution in [2.45, 2.75) is 51.9 Å². The van der Waals surface area contributed by atoms with Crippen LogP contribution in [0.2, 0.25) is 0 Å². The molecule has 1 aromatic carbocycles. The molecule has 0 aromatic heterocycles. The largest absolute Gasteiger partial charge is 0.493 e. The van der Waals surface area contributed by atoms with Crippen LogP contribution in [0.25, 0.3) is 0 Å². The zero-order valence-corrected chi connectivity index (χ0v) is 15.2. The van der Waals surface area contributed by atoms with Gasteiger partial charge in [-0.25, -0.2) is 0 Å². The van der Waals surface area contributed by atoms with Crippen LogP contribution < -0.4 is 14.8 Å². The van der Waals surface area contributed by atoms with Crippen LogP contribution in [-0.4, -0.2) is 37.2 Å². The second kappa shape index (κ2) is 12.2. The van der Waals surface area contributed by atoms with Crippen molar-refractivity contribution in [2.24, 2.45) is 0 Å². The van der Waals surface area contributed by atoms with Gasteiger partial charge in [-0.05, 0) is 30.5 Å². The second-order valence-corrected chi connectivity index (χ2v) is 5.89. The van der Waals surface area contributed by atoms with Crippen molar-refractivity contribution in [3.63, 3.8) is 0 Å². The van der Waals surface area contributed by atoms with Gasteiger partial charge in [0, 0.05) is 13.0 Å². The Balaban J connectivity index is 2.44. The third kappa shape index (κ3) is 8.98. The minimum atomic E-state index is -0.967. The summed E-state index contributed by atoms with van der Waals surface area (Å²) >= 11 is 0. The van der Waals surface area contributed by atoms with Crippen LogP contribution >= 0.6 is 0 Å². The average Bonchev–Trinajstić information content (AvgIpc) is 2.60. The first kappa shape index (κ1) is 20.8. The lowest BCUT2D eigenvalue weighted by Crippen LogP contribution is -2.26. The van der Waals surface area contributed by atoms with E-state index in [4.69, 9.17) is 14.6 Å². The van der Waals surface area contributed by atoms with Gasteiger partial charge in [0.1, 0.15) is 0 Å². The maximum absolute atomic E-state index is 11.5. The molecule has 2 N–H and O–H groups in total. The van der Waals surface area contributed by atoms with E-state index in [1.807, 2.05) is 18.2 Å². The van der Waals surface area contributed by atoms with Crippen LogP contribution in [0.1, 0.15) is 51.0 Å². The molecule has 0 bridgehead atoms. The summed E-state index contributed by atoms with van der Waals surface area (Å²) in [6.07, 6.45) is 5.07. The lowest BCUT2D eigenvalue weighted by Gasteiger charge is -2.12. The van der Waals surface area contributed by atoms with E-state index in [1.165, 1.54) is 12.8 Å². The third-order valence-electron chi connectivity index (χ3n) is 3.79. The number of unbranched alkanes of at least 4 members (excludes halogenated alkanes) is 3. The number of benzene rings is 1. The normalized spacial score (nSPS) is 10.3. The molecular weight excluding hydrogens is 322 g/mol. The molecule has 0 heterocycles. The topological polar surface area (TPSA) is 84.9 Å². The first-order valence-corrected chi connectivity index (χ1v) is 8.85. The summed E-state index contributed by atoms with van der Waals surface area (Å²) < 4.78 is 11.2. The van der Waals surface area contributed by atoms with Crippen LogP contribution in [0.15, 0.2) is 18.2 Å². The number of ether oxygens (including phenoxy) is 2. The Hall–Kier alpha value is -2.24. The van der Waals surface area contributed by atoms with E-state index >= 15 is 0 Å². The zero-order valence-electron chi connectivity index (χ0n) is 15.2. The van der Waals surface area contributed by atoms with Crippen molar-refractivity contribution in [3.8, 4) is 11.5 Å². The van der Waals surface area contributed by atoms with Crippen molar-refractivity contribution in [1.29, 1.82) is 0 Å². The number of amides is 1. The van der Waals surface area contributed by atoms with E-state index in [-0.39, 0.29) is 18.7 Å². The molecule has 0 saturated heterocycles. The van der Waals surface area contributed by atoms with Gasteiger partial charge in [0.2, 0.25) is 5.91 Å². The highest BCUT2D eigenvalue weighted by Gasteiger charge is 2.08. The van der Waals surface area contributed by atoms with Crippen LogP contribution in [0.4, 0.5) is 0 Å². The number of aliphatic carboxylic acids is 1. The van der Waals surface area contributed by atoms with Gasteiger partial charge < -0.3 is 19.9 Å². The van der Waals surface area contributed by atoms with Gasteiger partial charge in [-0.1, -0.05) is 32.3 Å². The van der Waals surface area contributed by atoms with Crippen molar-refractivity contribution in [2.75, 3.05) is 20.3 Å². The number of hydrogen-bond acceptors (Lipinski definition) is 4. The number of carbonyl (C=O) groups is 2. The smallest absolute Gasteiger partial charge is 0.303 e. The second-order valence-electron chi connectivity index (χ2n) is 5.89. The van der Waals surface area contributed by atoms with Gasteiger partial charge in [-0.3, -0.25) is 9.59 Å². The molecule has 1 rings (SSSR count). The van der Waals surface area contributed by atoms with Gasteiger partial charge >= 0.3 is 5.97 Å². The third-order valence-corrected chi connectivity index (χ3v) is 3.79. The van der Waals surface area contributed by atoms with Gasteiger partial charge in [0.25, 0.3) is 0 Å². The average molecular weight is 351 g/mol. The SMILES string of the molecule is CCCCCCOc1cc(CCNC(=O)CCC(=O)O)ccc1OC. The molecule has 0 spiro atoms. The molecule has 0 atom stereocenters. The number of rotatable bonds is 13. The van der Waals surface area contributed by atoms with Gasteiger partial charge in [0.05, 0.1) is 20.1 Å². The summed E-state index contributed by atoms with van der Waals surface area (Å²) in [6, 6.07) is 5.73. The summed E-state index contributed by atoms with van der Waals surface area (Å²) in [4.78, 5) is 21.9. The maximum Gasteiger partial charge on any atom is 0.303 e. The van der Waals surface area contributed by atoms with Gasteiger partial charge in [0.15, 0.2) is 11.5 Å². The first-order valence-electron chi connectivity index (χ1n) is 8.85. The summed E-state index contributed by atoms with van der Waals surface area (Å²) in [5.74, 6) is 0.202. The number of carboxylic acid groups (broad SMARTS) is 1. The highest BCUT2D eigenvalue weighted by Crippen LogP contribution is 2.28. The maximum atomic E-state index is 11.5. The van der Waals surface area contributed by atoms with Gasteiger partial charge in [-0.15, -0.1) is 0 Å². The number of hydrogen-bond donors (Lipinski definition) is 2. The molecule has 0 radical (unpaired) electrons. The Bertz CT molecular complexity index is 545. The van der Waals surface area contributed by atoms with Gasteiger partial charge in [-0.2, -0.15) is 0 Å². The predicted octanol–water partition coefficient (Wildman–Crippen LogP) is 3.18. The van der Waals surface area contributed by atoms with Crippen molar-refractivity contribution < 1.29 is 24.2 Å². The predicted molar refractivity (Wildman–Crippen MR) is 96.2 cm³/mol. The fourth-order valence-corrected chi connectivity index (χ4v) is 2.36. The van der Waals surface area contributed by atoms with Crippen LogP contribution in [0.3, 0.4) is 0 Å². The Labute approximate surface area is 149 Å². The molecule has 0 fully saturated rings. The molecule has 0 saturated carbocycles. The molecular formula is C19H29NO5. The molecule has 6 heteroatoms. The Kier molecular flexibility index (Phi) is 10.1. The standard InChI is InChI=1S/C19H29NO5/c1-3-4-5-6-13-25-17-14-15(7-8-16(17)24-2)11-12-20-18(21)9-10-19(22)23/h7-8,14H,3-6,9-13H2,1-2H3,(H,20,21)(H,22,23). The first-order chi connectivity index (χ1) is 12.1. The molecule has 6 nitrogen and oxygen atoms in total. The number of carboxylic acids is 1. The minimum Gasteiger partial charge on any atom is -0.493 e. The van der Waals surface area contributed by atoms with E-state index in [1.54, 1.807) is 7.11 Å². The summed E-state index contributed by atoms with van der Waals surface area (Å²) in [5.41, 5.74) is 1.03. The quantitative estimate of drug-likeness (QED) is 0.533. The van der Waals surface area contributed by atoms with Crippen molar-refractivity contribution in [1.82, 2.24) is 5.32 Å². The minimum absolute atomic E-state index is 0.00403. The highest BCUT2D eigenvalue weighted by atomic mass is 16.5. The lowest BCUT2D eigenvalue weighted by molar-refractivity contribution is -0.138. The monoisotopic (exact) mass is 351 g/mol. The Morgan fingerprint density at radius 1 is 1.12 bits per heavy atom. The molecule has 0 unspecified atom stereocenters. The number of carbonyl (C=O) groups excluding carboxylic acids is 1. The Morgan fingerprint density at radius 2 is 1.92 bits per heavy atom. The van der Waals surface area contributed by atoms with E-state index < -0.39 is 5.97 Å². The molecule has 0 aliphatic rings. The summed E-state index contributed by atoms with van der Waals surface area (Å²) in [6.45, 7) is 3.29. The Morgan fingerprint density at radius 3 is 2.60 bits per heavy atom. The summed E-state index contributed by atoms with van der Waals surface area (Å²) in [7, 11) is 1.61. The van der Waals surface area contributed by atoms with E-state index in [0.717, 1.165) is 18.4 Å². The van der Waals surface area contributed by atoms with E-state index in [0.29, 0.717) is 31.1 Å². The molecule has 0 aliphatic carbocycles. The van der Waals surface area contributed by atoms with Crippen LogP contribution in [0, 0.1) is 0 Å². The molecule has 140 valence electrons. The van der Waals surface area contributed by atoms with E-state index in [9.17, 15) is 9.59 Å². The number of nitrogens with one attached hydrogen (secondary N) is 1. The highest BCUT2D eigenvalue weighted by molar-refractivity contribution is 5.80. The van der Waals surface area contributed by atoms with Crippen LogP contribution in [0.5, 0.6) is 11.5 Å². The van der Waals surface area contributed by atoms with Crippen LogP contribution in [-0.2, 0) is 16.0 Å². The molecule has 1 aromatic rings. The fraction of sp³-hybridized carbons (Fsp3) is 0.579. The molecule has 1 amide bonds. The lowest BCUT2D eigenvalue weighted by atomic mass is 10.1. The fourth-order valence-electron chi connectivity index (χ4n) is 2.36. The van der Waals surface area contributed by atoms with Crippen molar-refractivity contribution in [3.05, 3.63) is 23.8 Å². The summed E-state index contributed by atoms with van der Waals surface area (Å²) in [5, 5.41) is 11.3. The van der Waals surface area contributed by atoms with Crippen molar-refractivity contribution >= 4 is 11.9 Å². The molecule has 0 aliphatic heterocycles. The number of methoxy groups -OCH3 is 1. The molecule has 25 heavy (non-hydrogen) atoms. The zero-order chi connectivity index (χ0) is 18.5. The van der Waals surface area contributed by atoms with E-state index in [2.05, 4.69) is 12.2 Å².